The summed E-state index contributed by atoms with van der Waals surface area (Å²) in [6, 6.07) is 3.04. The molecular formula is C16H25F2IN4O3. The molecule has 0 aromatic heterocycles. The molecule has 2 N–H and O–H groups in total. The minimum atomic E-state index is -2.92. The van der Waals surface area contributed by atoms with Gasteiger partial charge >= 0.3 is 6.61 Å². The number of nitrogens with zero attached hydrogens (tertiary/aromatic N) is 2. The van der Waals surface area contributed by atoms with Gasteiger partial charge in [-0.3, -0.25) is 4.99 Å². The predicted molar refractivity (Wildman–Crippen MR) is 106 cm³/mol. The van der Waals surface area contributed by atoms with Gasteiger partial charge in [0.05, 0.1) is 0 Å². The van der Waals surface area contributed by atoms with E-state index in [1.807, 2.05) is 7.05 Å². The van der Waals surface area contributed by atoms with Gasteiger partial charge in [0.15, 0.2) is 17.5 Å². The lowest BCUT2D eigenvalue weighted by Gasteiger charge is -2.17. The average Bonchev–Trinajstić information content (AvgIpc) is 3.04. The number of halogens is 3. The summed E-state index contributed by atoms with van der Waals surface area (Å²) >= 11 is 0. The smallest absolute Gasteiger partial charge is 0.387 e. The molecule has 0 fully saturated rings. The van der Waals surface area contributed by atoms with Crippen LogP contribution in [-0.2, 0) is 6.54 Å². The van der Waals surface area contributed by atoms with Gasteiger partial charge in [0, 0.05) is 38.3 Å². The Balaban J connectivity index is 0.00000338. The Labute approximate surface area is 169 Å². The van der Waals surface area contributed by atoms with E-state index < -0.39 is 6.61 Å². The third kappa shape index (κ3) is 6.63. The monoisotopic (exact) mass is 486 g/mol. The fourth-order valence-corrected chi connectivity index (χ4v) is 2.23. The topological polar surface area (TPSA) is 67.4 Å². The molecule has 0 atom stereocenters. The molecule has 1 heterocycles. The molecule has 1 aromatic carbocycles. The molecule has 0 amide bonds. The minimum absolute atomic E-state index is 0. The molecule has 0 saturated heterocycles. The van der Waals surface area contributed by atoms with Crippen LogP contribution in [0.25, 0.3) is 0 Å². The number of guanidine groups is 1. The minimum Gasteiger partial charge on any atom is -0.454 e. The fourth-order valence-electron chi connectivity index (χ4n) is 2.23. The van der Waals surface area contributed by atoms with E-state index in [-0.39, 0.29) is 43.1 Å². The lowest BCUT2D eigenvalue weighted by molar-refractivity contribution is -0.0505. The largest absolute Gasteiger partial charge is 0.454 e. The van der Waals surface area contributed by atoms with Crippen LogP contribution in [-0.4, -0.2) is 58.0 Å². The lowest BCUT2D eigenvalue weighted by Crippen LogP contribution is -2.40. The normalized spacial score (nSPS) is 13.0. The maximum absolute atomic E-state index is 12.6. The van der Waals surface area contributed by atoms with E-state index in [9.17, 15) is 8.78 Å². The first kappa shape index (κ1) is 22.5. The van der Waals surface area contributed by atoms with Gasteiger partial charge in [-0.2, -0.15) is 8.78 Å². The zero-order chi connectivity index (χ0) is 18.2. The van der Waals surface area contributed by atoms with E-state index >= 15 is 0 Å². The summed E-state index contributed by atoms with van der Waals surface area (Å²) in [4.78, 5) is 6.28. The number of aliphatic imine (C=N–C) groups is 1. The molecule has 10 heteroatoms. The second kappa shape index (κ2) is 11.2. The molecule has 26 heavy (non-hydrogen) atoms. The molecule has 1 aromatic rings. The van der Waals surface area contributed by atoms with Crippen molar-refractivity contribution in [2.45, 2.75) is 20.1 Å². The quantitative estimate of drug-likeness (QED) is 0.334. The highest BCUT2D eigenvalue weighted by Crippen LogP contribution is 2.38. The van der Waals surface area contributed by atoms with Crippen molar-refractivity contribution in [2.24, 2.45) is 4.99 Å². The number of ether oxygens (including phenoxy) is 3. The lowest BCUT2D eigenvalue weighted by atomic mass is 10.1. The van der Waals surface area contributed by atoms with Gasteiger partial charge in [0.1, 0.15) is 5.75 Å². The standard InChI is InChI=1S/C16H24F2N4O3.HI/c1-4-22(3)6-5-20-16(19-2)21-9-11-7-13-14(24-10-23-13)8-12(11)25-15(17)18;/h7-8,15H,4-6,9-10H2,1-3H3,(H2,19,20,21);1H. The van der Waals surface area contributed by atoms with Gasteiger partial charge in [0.25, 0.3) is 0 Å². The van der Waals surface area contributed by atoms with Crippen molar-refractivity contribution in [1.82, 2.24) is 15.5 Å². The number of hydrogen-bond acceptors (Lipinski definition) is 5. The summed E-state index contributed by atoms with van der Waals surface area (Å²) in [6.07, 6.45) is 0. The van der Waals surface area contributed by atoms with Crippen LogP contribution >= 0.6 is 24.0 Å². The number of nitrogens with one attached hydrogen (secondary N) is 2. The van der Waals surface area contributed by atoms with Crippen molar-refractivity contribution >= 4 is 29.9 Å². The number of hydrogen-bond donors (Lipinski definition) is 2. The summed E-state index contributed by atoms with van der Waals surface area (Å²) in [7, 11) is 3.67. The van der Waals surface area contributed by atoms with Gasteiger partial charge in [-0.25, -0.2) is 0 Å². The zero-order valence-electron chi connectivity index (χ0n) is 15.1. The Morgan fingerprint density at radius 1 is 1.31 bits per heavy atom. The van der Waals surface area contributed by atoms with E-state index in [0.29, 0.717) is 29.6 Å². The number of rotatable bonds is 8. The molecule has 0 unspecified atom stereocenters. The Morgan fingerprint density at radius 3 is 2.62 bits per heavy atom. The third-order valence-corrected chi connectivity index (χ3v) is 3.77. The van der Waals surface area contributed by atoms with Crippen molar-refractivity contribution in [1.29, 1.82) is 0 Å². The number of benzene rings is 1. The molecule has 0 spiro atoms. The highest BCUT2D eigenvalue weighted by molar-refractivity contribution is 14.0. The summed E-state index contributed by atoms with van der Waals surface area (Å²) in [5, 5.41) is 6.25. The fraction of sp³-hybridized carbons (Fsp3) is 0.562. The Morgan fingerprint density at radius 2 is 2.00 bits per heavy atom. The molecule has 148 valence electrons. The third-order valence-electron chi connectivity index (χ3n) is 3.77. The second-order valence-corrected chi connectivity index (χ2v) is 5.44. The van der Waals surface area contributed by atoms with Crippen LogP contribution in [0.1, 0.15) is 12.5 Å². The van der Waals surface area contributed by atoms with Crippen LogP contribution in [0, 0.1) is 0 Å². The van der Waals surface area contributed by atoms with Crippen molar-refractivity contribution in [3.63, 3.8) is 0 Å². The predicted octanol–water partition coefficient (Wildman–Crippen LogP) is 2.25. The van der Waals surface area contributed by atoms with Crippen molar-refractivity contribution in [3.05, 3.63) is 17.7 Å². The van der Waals surface area contributed by atoms with E-state index in [2.05, 4.69) is 32.2 Å². The highest BCUT2D eigenvalue weighted by atomic mass is 127. The first-order valence-corrected chi connectivity index (χ1v) is 8.03. The van der Waals surface area contributed by atoms with E-state index in [4.69, 9.17) is 9.47 Å². The first-order chi connectivity index (χ1) is 12.0. The highest BCUT2D eigenvalue weighted by Gasteiger charge is 2.20. The Hall–Kier alpha value is -1.56. The van der Waals surface area contributed by atoms with Crippen molar-refractivity contribution in [3.8, 4) is 17.2 Å². The molecule has 7 nitrogen and oxygen atoms in total. The van der Waals surface area contributed by atoms with Crippen LogP contribution in [0.3, 0.4) is 0 Å². The second-order valence-electron chi connectivity index (χ2n) is 5.44. The molecular weight excluding hydrogens is 461 g/mol. The summed E-state index contributed by atoms with van der Waals surface area (Å²) in [5.41, 5.74) is 0.526. The molecule has 1 aliphatic rings. The van der Waals surface area contributed by atoms with Crippen LogP contribution in [0.15, 0.2) is 17.1 Å². The Kier molecular flexibility index (Phi) is 9.70. The van der Waals surface area contributed by atoms with Crippen LogP contribution in [0.4, 0.5) is 8.78 Å². The summed E-state index contributed by atoms with van der Waals surface area (Å²) < 4.78 is 40.4. The number of alkyl halides is 2. The van der Waals surface area contributed by atoms with Crippen LogP contribution in [0.5, 0.6) is 17.2 Å². The maximum Gasteiger partial charge on any atom is 0.387 e. The van der Waals surface area contributed by atoms with E-state index in [1.165, 1.54) is 6.07 Å². The SMILES string of the molecule is CCN(C)CCNC(=NC)NCc1cc2c(cc1OC(F)F)OCO2.I. The number of fused-ring (bicyclic) bond motifs is 1. The van der Waals surface area contributed by atoms with Gasteiger partial charge in [-0.15, -0.1) is 24.0 Å². The van der Waals surface area contributed by atoms with E-state index in [1.54, 1.807) is 13.1 Å². The van der Waals surface area contributed by atoms with E-state index in [0.717, 1.165) is 13.1 Å². The number of likely N-dealkylation sites (N-methyl/N-ethyl adjacent to an activating group) is 1. The first-order valence-electron chi connectivity index (χ1n) is 8.03. The van der Waals surface area contributed by atoms with Crippen molar-refractivity contribution < 1.29 is 23.0 Å². The molecule has 0 aliphatic carbocycles. The molecule has 0 saturated carbocycles. The van der Waals surface area contributed by atoms with Gasteiger partial charge in [-0.05, 0) is 19.7 Å². The molecule has 1 aliphatic heterocycles. The van der Waals surface area contributed by atoms with Crippen LogP contribution in [0.2, 0.25) is 0 Å². The van der Waals surface area contributed by atoms with Crippen molar-refractivity contribution in [2.75, 3.05) is 40.5 Å². The molecule has 0 radical (unpaired) electrons. The summed E-state index contributed by atoms with van der Waals surface area (Å²) in [5.74, 6) is 1.52. The molecule has 0 bridgehead atoms. The maximum atomic E-state index is 12.6. The van der Waals surface area contributed by atoms with Crippen LogP contribution < -0.4 is 24.8 Å². The Bertz CT molecular complexity index is 605. The molecule has 2 rings (SSSR count). The average molecular weight is 486 g/mol. The summed E-state index contributed by atoms with van der Waals surface area (Å²) in [6.45, 7) is 2.01. The van der Waals surface area contributed by atoms with Gasteiger partial charge < -0.3 is 29.7 Å². The van der Waals surface area contributed by atoms with Gasteiger partial charge in [-0.1, -0.05) is 6.92 Å². The zero-order valence-corrected chi connectivity index (χ0v) is 17.4. The van der Waals surface area contributed by atoms with Gasteiger partial charge in [0.2, 0.25) is 6.79 Å².